The Labute approximate surface area is 191 Å². The van der Waals surface area contributed by atoms with Gasteiger partial charge in [0.25, 0.3) is 0 Å². The number of benzene rings is 2. The van der Waals surface area contributed by atoms with Gasteiger partial charge in [0, 0.05) is 32.7 Å². The third kappa shape index (κ3) is 6.61. The van der Waals surface area contributed by atoms with Gasteiger partial charge < -0.3 is 10.1 Å². The van der Waals surface area contributed by atoms with Crippen molar-refractivity contribution in [3.8, 4) is 5.75 Å². The number of alkyl halides is 2. The van der Waals surface area contributed by atoms with E-state index in [1.54, 1.807) is 30.3 Å². The molecule has 0 spiro atoms. The first kappa shape index (κ1) is 24.4. The van der Waals surface area contributed by atoms with Crippen LogP contribution in [0.4, 0.5) is 8.78 Å². The maximum absolute atomic E-state index is 12.8. The first-order chi connectivity index (χ1) is 15.3. The van der Waals surface area contributed by atoms with E-state index in [0.29, 0.717) is 26.1 Å². The predicted octanol–water partition coefficient (Wildman–Crippen LogP) is 2.61. The van der Waals surface area contributed by atoms with E-state index < -0.39 is 16.6 Å². The molecule has 1 aliphatic rings. The number of nitrogens with zero attached hydrogens (tertiary/aromatic N) is 2. The van der Waals surface area contributed by atoms with Crippen molar-refractivity contribution in [1.29, 1.82) is 0 Å². The van der Waals surface area contributed by atoms with Gasteiger partial charge in [0.15, 0.2) is 0 Å². The van der Waals surface area contributed by atoms with E-state index in [4.69, 9.17) is 11.6 Å². The van der Waals surface area contributed by atoms with Crippen LogP contribution in [0.2, 0.25) is 5.02 Å². The molecule has 1 fully saturated rings. The smallest absolute Gasteiger partial charge is 0.387 e. The summed E-state index contributed by atoms with van der Waals surface area (Å²) in [6, 6.07) is 12.6. The summed E-state index contributed by atoms with van der Waals surface area (Å²) in [4.78, 5) is 14.2. The van der Waals surface area contributed by atoms with Gasteiger partial charge in [-0.25, -0.2) is 8.42 Å². The molecule has 1 aliphatic heterocycles. The second-order valence-corrected chi connectivity index (χ2v) is 9.55. The maximum atomic E-state index is 12.8. The Morgan fingerprint density at radius 3 is 2.34 bits per heavy atom. The van der Waals surface area contributed by atoms with E-state index in [0.717, 1.165) is 5.56 Å². The van der Waals surface area contributed by atoms with E-state index in [9.17, 15) is 22.0 Å². The van der Waals surface area contributed by atoms with Crippen LogP contribution >= 0.6 is 11.6 Å². The molecule has 174 valence electrons. The quantitative estimate of drug-likeness (QED) is 0.588. The first-order valence-electron chi connectivity index (χ1n) is 10.0. The lowest BCUT2D eigenvalue weighted by Gasteiger charge is -2.33. The monoisotopic (exact) mass is 487 g/mol. The van der Waals surface area contributed by atoms with E-state index in [2.05, 4.69) is 10.1 Å². The van der Waals surface area contributed by atoms with Crippen LogP contribution in [0.1, 0.15) is 5.56 Å². The molecule has 1 heterocycles. The molecule has 7 nitrogen and oxygen atoms in total. The highest BCUT2D eigenvalue weighted by atomic mass is 35.5. The highest BCUT2D eigenvalue weighted by Gasteiger charge is 2.30. The molecule has 11 heteroatoms. The number of hydrogen-bond acceptors (Lipinski definition) is 5. The van der Waals surface area contributed by atoms with Crippen molar-refractivity contribution in [2.24, 2.45) is 0 Å². The average Bonchev–Trinajstić information content (AvgIpc) is 2.75. The van der Waals surface area contributed by atoms with E-state index in [-0.39, 0.29) is 41.2 Å². The number of nitrogens with one attached hydrogen (secondary N) is 1. The highest BCUT2D eigenvalue weighted by molar-refractivity contribution is 7.89. The van der Waals surface area contributed by atoms with Gasteiger partial charge in [0.05, 0.1) is 11.6 Å². The summed E-state index contributed by atoms with van der Waals surface area (Å²) in [5.41, 5.74) is 0.880. The molecule has 2 aromatic carbocycles. The predicted molar refractivity (Wildman–Crippen MR) is 116 cm³/mol. The number of carbonyl (C=O) groups is 1. The van der Waals surface area contributed by atoms with Crippen molar-refractivity contribution in [3.63, 3.8) is 0 Å². The summed E-state index contributed by atoms with van der Waals surface area (Å²) in [6.45, 7) is -0.887. The van der Waals surface area contributed by atoms with Gasteiger partial charge in [-0.2, -0.15) is 13.1 Å². The highest BCUT2D eigenvalue weighted by Crippen LogP contribution is 2.25. The third-order valence-corrected chi connectivity index (χ3v) is 7.44. The number of piperazine rings is 1. The van der Waals surface area contributed by atoms with Crippen LogP contribution in [0.3, 0.4) is 0 Å². The second-order valence-electron chi connectivity index (χ2n) is 7.23. The Balaban J connectivity index is 1.40. The molecular weight excluding hydrogens is 464 g/mol. The number of halogens is 3. The largest absolute Gasteiger partial charge is 0.435 e. The Kier molecular flexibility index (Phi) is 8.41. The SMILES string of the molecule is O=C(CN1CCN(S(=O)(=O)c2ccccc2Cl)CC1)NCCc1ccc(OC(F)F)cc1. The summed E-state index contributed by atoms with van der Waals surface area (Å²) < 4.78 is 55.6. The minimum absolute atomic E-state index is 0.0849. The lowest BCUT2D eigenvalue weighted by molar-refractivity contribution is -0.122. The fourth-order valence-electron chi connectivity index (χ4n) is 3.36. The first-order valence-corrected chi connectivity index (χ1v) is 11.8. The summed E-state index contributed by atoms with van der Waals surface area (Å²) in [7, 11) is -3.68. The van der Waals surface area contributed by atoms with Crippen molar-refractivity contribution in [3.05, 3.63) is 59.1 Å². The molecule has 1 amide bonds. The van der Waals surface area contributed by atoms with Crippen LogP contribution in [0, 0.1) is 0 Å². The molecule has 0 unspecified atom stereocenters. The van der Waals surface area contributed by atoms with Crippen molar-refractivity contribution < 1.29 is 26.7 Å². The summed E-state index contributed by atoms with van der Waals surface area (Å²) in [5, 5.41) is 3.00. The topological polar surface area (TPSA) is 79.0 Å². The molecule has 32 heavy (non-hydrogen) atoms. The summed E-state index contributed by atoms with van der Waals surface area (Å²) in [5.74, 6) is -0.0754. The van der Waals surface area contributed by atoms with Crippen molar-refractivity contribution in [1.82, 2.24) is 14.5 Å². The Hall–Kier alpha value is -2.27. The molecule has 0 aromatic heterocycles. The standard InChI is InChI=1S/C21H24ClF2N3O4S/c22-18-3-1-2-4-19(18)32(29,30)27-13-11-26(12-14-27)15-20(28)25-10-9-16-5-7-17(8-6-16)31-21(23)24/h1-8,21H,9-15H2,(H,25,28). The molecule has 0 radical (unpaired) electrons. The van der Waals surface area contributed by atoms with Gasteiger partial charge in [-0.05, 0) is 36.2 Å². The van der Waals surface area contributed by atoms with Gasteiger partial charge >= 0.3 is 6.61 Å². The zero-order chi connectivity index (χ0) is 23.1. The van der Waals surface area contributed by atoms with Crippen molar-refractivity contribution in [2.75, 3.05) is 39.3 Å². The molecule has 0 atom stereocenters. The Morgan fingerprint density at radius 1 is 1.06 bits per heavy atom. The van der Waals surface area contributed by atoms with Gasteiger partial charge in [-0.3, -0.25) is 9.69 Å². The Morgan fingerprint density at radius 2 is 1.72 bits per heavy atom. The maximum Gasteiger partial charge on any atom is 0.387 e. The number of rotatable bonds is 9. The Bertz CT molecular complexity index is 1010. The van der Waals surface area contributed by atoms with Gasteiger partial charge in [-0.1, -0.05) is 35.9 Å². The molecule has 3 rings (SSSR count). The van der Waals surface area contributed by atoms with E-state index in [1.165, 1.54) is 22.5 Å². The molecule has 0 saturated carbocycles. The van der Waals surface area contributed by atoms with Crippen LogP contribution in [0.25, 0.3) is 0 Å². The number of sulfonamides is 1. The van der Waals surface area contributed by atoms with Crippen LogP contribution in [0.15, 0.2) is 53.4 Å². The summed E-state index contributed by atoms with van der Waals surface area (Å²) >= 11 is 6.04. The van der Waals surface area contributed by atoms with Crippen LogP contribution in [0.5, 0.6) is 5.75 Å². The van der Waals surface area contributed by atoms with Gasteiger partial charge in [0.1, 0.15) is 10.6 Å². The molecule has 1 N–H and O–H groups in total. The molecule has 2 aromatic rings. The van der Waals surface area contributed by atoms with E-state index >= 15 is 0 Å². The lowest BCUT2D eigenvalue weighted by atomic mass is 10.1. The van der Waals surface area contributed by atoms with Crippen molar-refractivity contribution >= 4 is 27.5 Å². The third-order valence-electron chi connectivity index (χ3n) is 5.04. The minimum Gasteiger partial charge on any atom is -0.435 e. The molecule has 0 bridgehead atoms. The molecular formula is C21H24ClF2N3O4S. The normalized spacial score (nSPS) is 15.6. The molecule has 1 saturated heterocycles. The number of hydrogen-bond donors (Lipinski definition) is 1. The number of carbonyl (C=O) groups excluding carboxylic acids is 1. The van der Waals surface area contributed by atoms with Gasteiger partial charge in [-0.15, -0.1) is 0 Å². The van der Waals surface area contributed by atoms with Gasteiger partial charge in [0.2, 0.25) is 15.9 Å². The number of ether oxygens (including phenoxy) is 1. The molecule has 0 aliphatic carbocycles. The second kappa shape index (κ2) is 11.0. The van der Waals surface area contributed by atoms with Crippen LogP contribution in [-0.4, -0.2) is 69.4 Å². The fourth-order valence-corrected chi connectivity index (χ4v) is 5.28. The lowest BCUT2D eigenvalue weighted by Crippen LogP contribution is -2.51. The van der Waals surface area contributed by atoms with Crippen molar-refractivity contribution in [2.45, 2.75) is 17.9 Å². The number of amides is 1. The minimum atomic E-state index is -3.68. The summed E-state index contributed by atoms with van der Waals surface area (Å²) in [6.07, 6.45) is 0.546. The zero-order valence-electron chi connectivity index (χ0n) is 17.2. The average molecular weight is 488 g/mol. The zero-order valence-corrected chi connectivity index (χ0v) is 18.8. The van der Waals surface area contributed by atoms with E-state index in [1.807, 2.05) is 4.90 Å². The van der Waals surface area contributed by atoms with Crippen LogP contribution < -0.4 is 10.1 Å². The fraction of sp³-hybridized carbons (Fsp3) is 0.381. The van der Waals surface area contributed by atoms with Crippen LogP contribution in [-0.2, 0) is 21.2 Å².